The minimum Gasteiger partial charge on any atom is -0.466 e. The lowest BCUT2D eigenvalue weighted by molar-refractivity contribution is -0.145. The number of aromatic nitrogens is 2. The number of nitrogens with zero attached hydrogens (tertiary/aromatic N) is 4. The molecule has 1 fully saturated rings. The molecule has 30 heavy (non-hydrogen) atoms. The smallest absolute Gasteiger partial charge is 0.346 e. The van der Waals surface area contributed by atoms with Gasteiger partial charge in [-0.2, -0.15) is 0 Å². The van der Waals surface area contributed by atoms with Crippen molar-refractivity contribution < 1.29 is 19.1 Å². The molecule has 3 aromatic rings. The van der Waals surface area contributed by atoms with Gasteiger partial charge in [0.05, 0.1) is 37.1 Å². The molecule has 0 radical (unpaired) electrons. The Kier molecular flexibility index (Phi) is 5.94. The van der Waals surface area contributed by atoms with Crippen molar-refractivity contribution in [1.82, 2.24) is 9.55 Å². The van der Waals surface area contributed by atoms with Crippen molar-refractivity contribution in [1.29, 1.82) is 0 Å². The zero-order valence-electron chi connectivity index (χ0n) is 17.1. The van der Waals surface area contributed by atoms with Gasteiger partial charge in [-0.05, 0) is 37.3 Å². The summed E-state index contributed by atoms with van der Waals surface area (Å²) >= 11 is 0. The lowest BCUT2D eigenvalue weighted by Crippen LogP contribution is -2.36. The Labute approximate surface area is 174 Å². The Morgan fingerprint density at radius 3 is 2.77 bits per heavy atom. The fourth-order valence-electron chi connectivity index (χ4n) is 3.40. The number of rotatable bonds is 6. The normalized spacial score (nSPS) is 14.7. The quantitative estimate of drug-likeness (QED) is 0.355. The first-order chi connectivity index (χ1) is 14.7. The maximum Gasteiger partial charge on any atom is 0.346 e. The van der Waals surface area contributed by atoms with Crippen molar-refractivity contribution in [3.63, 3.8) is 0 Å². The first-order valence-electron chi connectivity index (χ1n) is 9.79. The second-order valence-corrected chi connectivity index (χ2v) is 6.96. The molecule has 0 N–H and O–H groups in total. The minimum atomic E-state index is -0.472. The predicted molar refractivity (Wildman–Crippen MR) is 114 cm³/mol. The number of benzene rings is 2. The van der Waals surface area contributed by atoms with Crippen LogP contribution in [0.5, 0.6) is 0 Å². The first kappa shape index (κ1) is 19.9. The Bertz CT molecular complexity index is 1070. The molecule has 0 bridgehead atoms. The summed E-state index contributed by atoms with van der Waals surface area (Å²) in [5.74, 6) is -0.472. The van der Waals surface area contributed by atoms with E-state index in [0.29, 0.717) is 5.71 Å². The van der Waals surface area contributed by atoms with Gasteiger partial charge in [0, 0.05) is 30.0 Å². The van der Waals surface area contributed by atoms with Gasteiger partial charge in [-0.3, -0.25) is 4.57 Å². The third-order valence-electron chi connectivity index (χ3n) is 5.06. The lowest BCUT2D eigenvalue weighted by atomic mass is 10.1. The molecule has 2 aromatic carbocycles. The molecule has 8 nitrogen and oxygen atoms in total. The van der Waals surface area contributed by atoms with Crippen LogP contribution >= 0.6 is 0 Å². The molecule has 1 aliphatic rings. The zero-order valence-corrected chi connectivity index (χ0v) is 17.1. The summed E-state index contributed by atoms with van der Waals surface area (Å²) in [6, 6.07) is 14.4. The van der Waals surface area contributed by atoms with E-state index in [4.69, 9.17) is 9.57 Å². The second kappa shape index (κ2) is 8.96. The number of carbonyl (C=O) groups excluding carboxylic acids is 1. The molecule has 156 valence electrons. The number of esters is 1. The molecular weight excluding hydrogens is 384 g/mol. The van der Waals surface area contributed by atoms with Crippen LogP contribution in [-0.4, -0.2) is 61.3 Å². The number of anilines is 1. The number of morpholine rings is 1. The summed E-state index contributed by atoms with van der Waals surface area (Å²) in [7, 11) is 1.31. The number of imidazole rings is 1. The number of carbonyl (C=O) groups is 1. The molecule has 2 heterocycles. The van der Waals surface area contributed by atoms with Crippen molar-refractivity contribution in [3.8, 4) is 5.69 Å². The average Bonchev–Trinajstić information content (AvgIpc) is 3.23. The van der Waals surface area contributed by atoms with E-state index in [-0.39, 0.29) is 6.61 Å². The Morgan fingerprint density at radius 2 is 1.97 bits per heavy atom. The fourth-order valence-corrected chi connectivity index (χ4v) is 3.40. The molecule has 0 saturated carbocycles. The number of methoxy groups -OCH3 is 1. The maximum atomic E-state index is 11.1. The Morgan fingerprint density at radius 1 is 1.17 bits per heavy atom. The van der Waals surface area contributed by atoms with Crippen LogP contribution < -0.4 is 4.90 Å². The summed E-state index contributed by atoms with van der Waals surface area (Å²) in [5, 5.41) is 3.98. The molecule has 0 spiro atoms. The lowest BCUT2D eigenvalue weighted by Gasteiger charge is -2.29. The van der Waals surface area contributed by atoms with Gasteiger partial charge < -0.3 is 19.2 Å². The highest BCUT2D eigenvalue weighted by Crippen LogP contribution is 2.24. The van der Waals surface area contributed by atoms with Crippen molar-refractivity contribution in [2.45, 2.75) is 6.92 Å². The fraction of sp³-hybridized carbons (Fsp3) is 0.318. The topological polar surface area (TPSA) is 78.2 Å². The average molecular weight is 408 g/mol. The molecule has 1 aliphatic heterocycles. The van der Waals surface area contributed by atoms with E-state index >= 15 is 0 Å². The molecule has 1 aromatic heterocycles. The van der Waals surface area contributed by atoms with Crippen LogP contribution in [0.15, 0.2) is 53.9 Å². The van der Waals surface area contributed by atoms with Crippen molar-refractivity contribution in [2.75, 3.05) is 44.9 Å². The van der Waals surface area contributed by atoms with Crippen LogP contribution in [0.4, 0.5) is 5.69 Å². The van der Waals surface area contributed by atoms with Crippen molar-refractivity contribution >= 4 is 28.4 Å². The van der Waals surface area contributed by atoms with Crippen molar-refractivity contribution in [2.24, 2.45) is 5.16 Å². The maximum absolute atomic E-state index is 11.1. The molecule has 8 heteroatoms. The van der Waals surface area contributed by atoms with Gasteiger partial charge in [-0.25, -0.2) is 9.78 Å². The molecule has 1 saturated heterocycles. The van der Waals surface area contributed by atoms with Crippen LogP contribution in [-0.2, 0) is 19.1 Å². The molecule has 4 rings (SSSR count). The highest BCUT2D eigenvalue weighted by Gasteiger charge is 2.13. The molecule has 0 aliphatic carbocycles. The highest BCUT2D eigenvalue weighted by atomic mass is 16.6. The third-order valence-corrected chi connectivity index (χ3v) is 5.06. The summed E-state index contributed by atoms with van der Waals surface area (Å²) in [6.07, 6.45) is 1.83. The monoisotopic (exact) mass is 408 g/mol. The Hall–Kier alpha value is -3.39. The van der Waals surface area contributed by atoms with Gasteiger partial charge in [0.25, 0.3) is 0 Å². The van der Waals surface area contributed by atoms with E-state index in [1.807, 2.05) is 31.5 Å². The second-order valence-electron chi connectivity index (χ2n) is 6.96. The van der Waals surface area contributed by atoms with Crippen LogP contribution in [0.25, 0.3) is 16.7 Å². The minimum absolute atomic E-state index is 0.218. The van der Waals surface area contributed by atoms with Crippen LogP contribution in [0.2, 0.25) is 0 Å². The van der Waals surface area contributed by atoms with E-state index < -0.39 is 5.97 Å². The van der Waals surface area contributed by atoms with E-state index in [0.717, 1.165) is 48.6 Å². The van der Waals surface area contributed by atoms with Crippen LogP contribution in [0.1, 0.15) is 12.5 Å². The van der Waals surface area contributed by atoms with E-state index in [9.17, 15) is 4.79 Å². The number of hydrogen-bond donors (Lipinski definition) is 0. The van der Waals surface area contributed by atoms with Crippen LogP contribution in [0.3, 0.4) is 0 Å². The predicted octanol–water partition coefficient (Wildman–Crippen LogP) is 2.78. The van der Waals surface area contributed by atoms with Crippen LogP contribution in [0, 0.1) is 0 Å². The number of fused-ring (bicyclic) bond motifs is 1. The highest BCUT2D eigenvalue weighted by molar-refractivity contribution is 6.01. The van der Waals surface area contributed by atoms with Gasteiger partial charge in [0.15, 0.2) is 0 Å². The zero-order chi connectivity index (χ0) is 20.9. The van der Waals surface area contributed by atoms with E-state index in [1.54, 1.807) is 0 Å². The van der Waals surface area contributed by atoms with Gasteiger partial charge in [-0.1, -0.05) is 17.3 Å². The SMILES string of the molecule is COC(=O)CON=C(C)c1ccc2c(c1)ncn2-c1cccc(N2CCOCC2)c1. The van der Waals surface area contributed by atoms with Gasteiger partial charge in [-0.15, -0.1) is 0 Å². The van der Waals surface area contributed by atoms with Gasteiger partial charge >= 0.3 is 5.97 Å². The molecule has 0 amide bonds. The van der Waals surface area contributed by atoms with Crippen molar-refractivity contribution in [3.05, 3.63) is 54.4 Å². The summed E-state index contributed by atoms with van der Waals surface area (Å²) in [4.78, 5) is 23.1. The van der Waals surface area contributed by atoms with E-state index in [2.05, 4.69) is 48.6 Å². The molecule has 0 unspecified atom stereocenters. The van der Waals surface area contributed by atoms with E-state index in [1.165, 1.54) is 12.8 Å². The summed E-state index contributed by atoms with van der Waals surface area (Å²) in [6.45, 7) is 4.91. The summed E-state index contributed by atoms with van der Waals surface area (Å²) < 4.78 is 12.1. The van der Waals surface area contributed by atoms with Gasteiger partial charge in [0.2, 0.25) is 6.61 Å². The number of oxime groups is 1. The standard InChI is InChI=1S/C22H24N4O4/c1-16(24-30-14-22(27)28-2)17-6-7-21-20(12-17)23-15-26(21)19-5-3-4-18(13-19)25-8-10-29-11-9-25/h3-7,12-13,15H,8-11,14H2,1-2H3. The molecule has 0 atom stereocenters. The summed E-state index contributed by atoms with van der Waals surface area (Å²) in [5.41, 5.74) is 5.62. The number of hydrogen-bond acceptors (Lipinski definition) is 7. The molecular formula is C22H24N4O4. The largest absolute Gasteiger partial charge is 0.466 e. The first-order valence-corrected chi connectivity index (χ1v) is 9.79. The number of ether oxygens (including phenoxy) is 2. The third kappa shape index (κ3) is 4.28. The Balaban J connectivity index is 1.57. The van der Waals surface area contributed by atoms with Gasteiger partial charge in [0.1, 0.15) is 6.33 Å².